The van der Waals surface area contributed by atoms with Crippen LogP contribution in [0.25, 0.3) is 16.9 Å². The van der Waals surface area contributed by atoms with Crippen molar-refractivity contribution in [2.75, 3.05) is 0 Å². The highest BCUT2D eigenvalue weighted by Crippen LogP contribution is 2.26. The normalized spacial score (nSPS) is 11.0. The molecule has 1 heterocycles. The second-order valence-corrected chi connectivity index (χ2v) is 9.93. The molecule has 0 aliphatic rings. The lowest BCUT2D eigenvalue weighted by Crippen LogP contribution is -2.17. The summed E-state index contributed by atoms with van der Waals surface area (Å²) in [6.45, 7) is 2.58. The Morgan fingerprint density at radius 3 is 2.32 bits per heavy atom. The van der Waals surface area contributed by atoms with Crippen LogP contribution in [0.5, 0.6) is 5.75 Å². The Morgan fingerprint density at radius 2 is 1.61 bits per heavy atom. The van der Waals surface area contributed by atoms with Gasteiger partial charge in [-0.05, 0) is 101 Å². The van der Waals surface area contributed by atoms with E-state index in [-0.39, 0.29) is 5.91 Å². The van der Waals surface area contributed by atoms with Crippen LogP contribution >= 0.6 is 22.6 Å². The fourth-order valence-electron chi connectivity index (χ4n) is 4.16. The number of aromatic nitrogens is 1. The molecule has 0 atom stereocenters. The first-order chi connectivity index (χ1) is 18.6. The van der Waals surface area contributed by atoms with Gasteiger partial charge in [0.15, 0.2) is 0 Å². The second kappa shape index (κ2) is 11.9. The number of nitrogens with zero attached hydrogens (tertiary/aromatic N) is 2. The summed E-state index contributed by atoms with van der Waals surface area (Å²) in [7, 11) is 0. The first-order valence-corrected chi connectivity index (χ1v) is 13.3. The van der Waals surface area contributed by atoms with Crippen LogP contribution in [0.2, 0.25) is 0 Å². The standard InChI is InChI=1S/C32H26IN3O2/c1-23-12-18-30(26-10-6-3-7-11-26)36(23)28-16-14-27(15-17-28)32(37)35-34-21-25-13-19-31(29(33)20-25)38-22-24-8-4-2-5-9-24/h2-21H,22H2,1H3,(H,35,37)/b34-21+. The molecule has 188 valence electrons. The Hall–Kier alpha value is -4.17. The molecular formula is C32H26IN3O2. The van der Waals surface area contributed by atoms with Gasteiger partial charge in [-0.2, -0.15) is 5.10 Å². The van der Waals surface area contributed by atoms with Gasteiger partial charge in [-0.1, -0.05) is 60.7 Å². The summed E-state index contributed by atoms with van der Waals surface area (Å²) in [4.78, 5) is 12.7. The van der Waals surface area contributed by atoms with E-state index in [1.165, 1.54) is 0 Å². The van der Waals surface area contributed by atoms with E-state index in [0.717, 1.165) is 43.1 Å². The number of nitrogens with one attached hydrogen (secondary N) is 1. The number of ether oxygens (including phenoxy) is 1. The molecule has 1 aromatic heterocycles. The van der Waals surface area contributed by atoms with E-state index in [9.17, 15) is 4.79 Å². The molecule has 0 bridgehead atoms. The molecule has 0 spiro atoms. The van der Waals surface area contributed by atoms with Gasteiger partial charge in [0.1, 0.15) is 12.4 Å². The van der Waals surface area contributed by atoms with Crippen molar-refractivity contribution in [2.45, 2.75) is 13.5 Å². The number of rotatable bonds is 8. The number of hydrogen-bond acceptors (Lipinski definition) is 3. The van der Waals surface area contributed by atoms with Crippen molar-refractivity contribution in [1.82, 2.24) is 9.99 Å². The van der Waals surface area contributed by atoms with E-state index in [1.54, 1.807) is 6.21 Å². The maximum absolute atomic E-state index is 12.7. The zero-order valence-electron chi connectivity index (χ0n) is 20.8. The molecule has 5 nitrogen and oxygen atoms in total. The van der Waals surface area contributed by atoms with E-state index in [4.69, 9.17) is 4.74 Å². The molecule has 0 saturated heterocycles. The highest BCUT2D eigenvalue weighted by atomic mass is 127. The van der Waals surface area contributed by atoms with E-state index >= 15 is 0 Å². The highest BCUT2D eigenvalue weighted by molar-refractivity contribution is 14.1. The first-order valence-electron chi connectivity index (χ1n) is 12.2. The summed E-state index contributed by atoms with van der Waals surface area (Å²) in [5.74, 6) is 0.543. The van der Waals surface area contributed by atoms with Gasteiger partial charge < -0.3 is 9.30 Å². The average molecular weight is 611 g/mol. The quantitative estimate of drug-likeness (QED) is 0.113. The first kappa shape index (κ1) is 25.5. The Balaban J connectivity index is 1.21. The molecule has 0 radical (unpaired) electrons. The molecule has 6 heteroatoms. The zero-order chi connectivity index (χ0) is 26.3. The number of hydrazone groups is 1. The molecule has 5 aromatic rings. The van der Waals surface area contributed by atoms with E-state index in [2.05, 4.69) is 68.9 Å². The summed E-state index contributed by atoms with van der Waals surface area (Å²) in [5.41, 5.74) is 9.51. The summed E-state index contributed by atoms with van der Waals surface area (Å²) in [5, 5.41) is 4.15. The van der Waals surface area contributed by atoms with Crippen LogP contribution in [0.15, 0.2) is 120 Å². The lowest BCUT2D eigenvalue weighted by Gasteiger charge is -2.12. The maximum Gasteiger partial charge on any atom is 0.271 e. The predicted molar refractivity (Wildman–Crippen MR) is 161 cm³/mol. The molecular weight excluding hydrogens is 585 g/mol. The third-order valence-corrected chi connectivity index (χ3v) is 6.95. The molecule has 1 N–H and O–H groups in total. The molecule has 0 unspecified atom stereocenters. The molecule has 5 rings (SSSR count). The highest BCUT2D eigenvalue weighted by Gasteiger charge is 2.11. The van der Waals surface area contributed by atoms with Gasteiger partial charge in [-0.25, -0.2) is 5.43 Å². The van der Waals surface area contributed by atoms with Crippen molar-refractivity contribution in [1.29, 1.82) is 0 Å². The van der Waals surface area contributed by atoms with Gasteiger partial charge in [-0.15, -0.1) is 0 Å². The summed E-state index contributed by atoms with van der Waals surface area (Å²) in [6.07, 6.45) is 1.63. The van der Waals surface area contributed by atoms with E-state index in [0.29, 0.717) is 12.2 Å². The van der Waals surface area contributed by atoms with Crippen LogP contribution in [-0.2, 0) is 6.61 Å². The lowest BCUT2D eigenvalue weighted by atomic mass is 10.1. The van der Waals surface area contributed by atoms with Crippen LogP contribution in [0, 0.1) is 10.5 Å². The Labute approximate surface area is 235 Å². The number of carbonyl (C=O) groups is 1. The van der Waals surface area contributed by atoms with Gasteiger partial charge in [0, 0.05) is 16.9 Å². The minimum absolute atomic E-state index is 0.266. The van der Waals surface area contributed by atoms with Gasteiger partial charge >= 0.3 is 0 Å². The third kappa shape index (κ3) is 6.03. The number of carbonyl (C=O) groups excluding carboxylic acids is 1. The summed E-state index contributed by atoms with van der Waals surface area (Å²) >= 11 is 2.24. The molecule has 0 saturated carbocycles. The van der Waals surface area contributed by atoms with Crippen LogP contribution in [-0.4, -0.2) is 16.7 Å². The monoisotopic (exact) mass is 611 g/mol. The summed E-state index contributed by atoms with van der Waals surface area (Å²) < 4.78 is 9.09. The SMILES string of the molecule is Cc1ccc(-c2ccccc2)n1-c1ccc(C(=O)N/N=C/c2ccc(OCc3ccccc3)c(I)c2)cc1. The number of halogens is 1. The Morgan fingerprint density at radius 1 is 0.895 bits per heavy atom. The second-order valence-electron chi connectivity index (χ2n) is 8.77. The fourth-order valence-corrected chi connectivity index (χ4v) is 4.85. The van der Waals surface area contributed by atoms with Crippen LogP contribution in [0.3, 0.4) is 0 Å². The molecule has 4 aromatic carbocycles. The number of benzene rings is 4. The number of amides is 1. The minimum atomic E-state index is -0.266. The van der Waals surface area contributed by atoms with E-state index < -0.39 is 0 Å². The van der Waals surface area contributed by atoms with Gasteiger partial charge in [0.2, 0.25) is 0 Å². The predicted octanol–water partition coefficient (Wildman–Crippen LogP) is 7.40. The lowest BCUT2D eigenvalue weighted by molar-refractivity contribution is 0.0955. The van der Waals surface area contributed by atoms with Gasteiger partial charge in [0.05, 0.1) is 15.5 Å². The topological polar surface area (TPSA) is 55.6 Å². The molecule has 0 fully saturated rings. The van der Waals surface area contributed by atoms with Crippen molar-refractivity contribution in [3.05, 3.63) is 141 Å². The van der Waals surface area contributed by atoms with E-state index in [1.807, 2.05) is 91.0 Å². The van der Waals surface area contributed by atoms with Crippen molar-refractivity contribution < 1.29 is 9.53 Å². The Bertz CT molecular complexity index is 1560. The zero-order valence-corrected chi connectivity index (χ0v) is 23.0. The van der Waals surface area contributed by atoms with Crippen LogP contribution < -0.4 is 10.2 Å². The minimum Gasteiger partial charge on any atom is -0.488 e. The average Bonchev–Trinajstić information content (AvgIpc) is 3.35. The third-order valence-electron chi connectivity index (χ3n) is 6.11. The largest absolute Gasteiger partial charge is 0.488 e. The smallest absolute Gasteiger partial charge is 0.271 e. The van der Waals surface area contributed by atoms with Gasteiger partial charge in [-0.3, -0.25) is 4.79 Å². The van der Waals surface area contributed by atoms with Crippen molar-refractivity contribution >= 4 is 34.7 Å². The fraction of sp³-hybridized carbons (Fsp3) is 0.0625. The number of aryl methyl sites for hydroxylation is 1. The molecule has 1 amide bonds. The van der Waals surface area contributed by atoms with Crippen LogP contribution in [0.4, 0.5) is 0 Å². The van der Waals surface area contributed by atoms with Crippen molar-refractivity contribution in [3.8, 4) is 22.7 Å². The molecule has 0 aliphatic heterocycles. The van der Waals surface area contributed by atoms with Crippen molar-refractivity contribution in [2.24, 2.45) is 5.10 Å². The molecule has 0 aliphatic carbocycles. The number of hydrogen-bond donors (Lipinski definition) is 1. The Kier molecular flexibility index (Phi) is 7.99. The maximum atomic E-state index is 12.7. The van der Waals surface area contributed by atoms with Crippen LogP contribution in [0.1, 0.15) is 27.2 Å². The van der Waals surface area contributed by atoms with Gasteiger partial charge in [0.25, 0.3) is 5.91 Å². The van der Waals surface area contributed by atoms with Crippen molar-refractivity contribution in [3.63, 3.8) is 0 Å². The summed E-state index contributed by atoms with van der Waals surface area (Å²) in [6, 6.07) is 37.9. The molecule has 38 heavy (non-hydrogen) atoms.